The van der Waals surface area contributed by atoms with E-state index in [4.69, 9.17) is 0 Å². The fourth-order valence-corrected chi connectivity index (χ4v) is 1.93. The number of carbonyl (C=O) groups excluding carboxylic acids is 1. The van der Waals surface area contributed by atoms with E-state index in [1.807, 2.05) is 0 Å². The fraction of sp³-hybridized carbons (Fsp3) is 0.0909. The molecular formula is C11H8BrNO3. The van der Waals surface area contributed by atoms with Crippen molar-refractivity contribution in [3.63, 3.8) is 0 Å². The van der Waals surface area contributed by atoms with Gasteiger partial charge in [0.05, 0.1) is 12.7 Å². The van der Waals surface area contributed by atoms with Crippen LogP contribution < -0.4 is 5.56 Å². The number of hydrogen-bond acceptors (Lipinski definition) is 3. The Kier molecular flexibility index (Phi) is 2.78. The van der Waals surface area contributed by atoms with Crippen LogP contribution in [0, 0.1) is 0 Å². The Morgan fingerprint density at radius 3 is 2.81 bits per heavy atom. The molecule has 0 atom stereocenters. The minimum atomic E-state index is -0.457. The number of carbonyl (C=O) groups is 1. The highest BCUT2D eigenvalue weighted by atomic mass is 79.9. The van der Waals surface area contributed by atoms with Crippen LogP contribution in [0.25, 0.3) is 10.8 Å². The van der Waals surface area contributed by atoms with Crippen LogP contribution in [-0.4, -0.2) is 18.1 Å². The summed E-state index contributed by atoms with van der Waals surface area (Å²) >= 11 is 3.32. The Morgan fingerprint density at radius 1 is 1.38 bits per heavy atom. The van der Waals surface area contributed by atoms with Gasteiger partial charge in [-0.05, 0) is 28.1 Å². The zero-order chi connectivity index (χ0) is 11.7. The molecule has 0 saturated heterocycles. The molecule has 1 heterocycles. The predicted molar refractivity (Wildman–Crippen MR) is 63.6 cm³/mol. The number of rotatable bonds is 1. The van der Waals surface area contributed by atoms with Crippen LogP contribution in [-0.2, 0) is 4.74 Å². The number of nitrogens with one attached hydrogen (secondary N) is 1. The molecule has 82 valence electrons. The van der Waals surface area contributed by atoms with E-state index in [1.54, 1.807) is 18.3 Å². The maximum absolute atomic E-state index is 11.6. The number of H-pyrrole nitrogens is 1. The molecule has 1 N–H and O–H groups in total. The third-order valence-electron chi connectivity index (χ3n) is 2.27. The number of benzene rings is 1. The molecule has 2 aromatic rings. The first-order valence-electron chi connectivity index (χ1n) is 4.52. The zero-order valence-electron chi connectivity index (χ0n) is 8.41. The quantitative estimate of drug-likeness (QED) is 0.815. The van der Waals surface area contributed by atoms with Gasteiger partial charge in [-0.25, -0.2) is 4.79 Å². The van der Waals surface area contributed by atoms with Crippen molar-refractivity contribution in [1.82, 2.24) is 4.98 Å². The van der Waals surface area contributed by atoms with Crippen molar-refractivity contribution >= 4 is 32.7 Å². The summed E-state index contributed by atoms with van der Waals surface area (Å²) in [5.74, 6) is -0.457. The fourth-order valence-electron chi connectivity index (χ4n) is 1.47. The monoisotopic (exact) mass is 281 g/mol. The number of ether oxygens (including phenoxy) is 1. The van der Waals surface area contributed by atoms with Gasteiger partial charge in [0.15, 0.2) is 0 Å². The van der Waals surface area contributed by atoms with Gasteiger partial charge >= 0.3 is 5.97 Å². The number of methoxy groups -OCH3 is 1. The van der Waals surface area contributed by atoms with Crippen LogP contribution >= 0.6 is 15.9 Å². The van der Waals surface area contributed by atoms with Crippen LogP contribution in [0.3, 0.4) is 0 Å². The summed E-state index contributed by atoms with van der Waals surface area (Å²) in [5.41, 5.74) is 0.127. The lowest BCUT2D eigenvalue weighted by molar-refractivity contribution is 0.0601. The molecule has 0 aliphatic heterocycles. The number of hydrogen-bond donors (Lipinski definition) is 1. The molecule has 0 unspecified atom stereocenters. The Bertz CT molecular complexity index is 618. The third kappa shape index (κ3) is 1.74. The summed E-state index contributed by atoms with van der Waals surface area (Å²) < 4.78 is 5.37. The Morgan fingerprint density at radius 2 is 2.12 bits per heavy atom. The van der Waals surface area contributed by atoms with E-state index in [-0.39, 0.29) is 5.56 Å². The van der Waals surface area contributed by atoms with Crippen molar-refractivity contribution in [2.75, 3.05) is 7.11 Å². The molecule has 0 saturated carbocycles. The highest BCUT2D eigenvalue weighted by molar-refractivity contribution is 9.10. The van der Waals surface area contributed by atoms with Crippen LogP contribution in [0.1, 0.15) is 10.4 Å². The van der Waals surface area contributed by atoms with E-state index in [0.717, 1.165) is 9.86 Å². The van der Waals surface area contributed by atoms with Crippen molar-refractivity contribution in [3.05, 3.63) is 44.8 Å². The molecule has 0 radical (unpaired) electrons. The summed E-state index contributed by atoms with van der Waals surface area (Å²) in [6, 6.07) is 4.85. The van der Waals surface area contributed by atoms with Gasteiger partial charge in [0.2, 0.25) is 0 Å². The SMILES string of the molecule is COC(=O)c1ccc2c(Br)c[nH]c(=O)c2c1. The normalized spacial score (nSPS) is 10.4. The van der Waals surface area contributed by atoms with Gasteiger partial charge in [-0.2, -0.15) is 0 Å². The first-order valence-corrected chi connectivity index (χ1v) is 5.32. The van der Waals surface area contributed by atoms with E-state index >= 15 is 0 Å². The molecule has 5 heteroatoms. The molecule has 0 amide bonds. The molecule has 4 nitrogen and oxygen atoms in total. The number of aromatic amines is 1. The average molecular weight is 282 g/mol. The summed E-state index contributed by atoms with van der Waals surface area (Å²) in [5, 5.41) is 1.22. The third-order valence-corrected chi connectivity index (χ3v) is 2.93. The van der Waals surface area contributed by atoms with Crippen LogP contribution in [0.15, 0.2) is 33.7 Å². The van der Waals surface area contributed by atoms with E-state index in [0.29, 0.717) is 10.9 Å². The second-order valence-electron chi connectivity index (χ2n) is 3.22. The lowest BCUT2D eigenvalue weighted by Crippen LogP contribution is -2.07. The van der Waals surface area contributed by atoms with Crippen LogP contribution in [0.2, 0.25) is 0 Å². The molecule has 0 spiro atoms. The minimum absolute atomic E-state index is 0.232. The molecular weight excluding hydrogens is 274 g/mol. The van der Waals surface area contributed by atoms with Gasteiger partial charge < -0.3 is 9.72 Å². The maximum Gasteiger partial charge on any atom is 0.337 e. The topological polar surface area (TPSA) is 59.2 Å². The smallest absolute Gasteiger partial charge is 0.337 e. The largest absolute Gasteiger partial charge is 0.465 e. The van der Waals surface area contributed by atoms with Crippen molar-refractivity contribution in [2.45, 2.75) is 0 Å². The van der Waals surface area contributed by atoms with E-state index in [1.165, 1.54) is 13.2 Å². The summed E-state index contributed by atoms with van der Waals surface area (Å²) in [6.45, 7) is 0. The number of pyridine rings is 1. The Labute approximate surface area is 99.4 Å². The number of halogens is 1. The number of fused-ring (bicyclic) bond motifs is 1. The molecule has 0 bridgehead atoms. The van der Waals surface area contributed by atoms with Crippen molar-refractivity contribution < 1.29 is 9.53 Å². The zero-order valence-corrected chi connectivity index (χ0v) is 10.00. The van der Waals surface area contributed by atoms with Crippen molar-refractivity contribution in [1.29, 1.82) is 0 Å². The lowest BCUT2D eigenvalue weighted by Gasteiger charge is -2.02. The van der Waals surface area contributed by atoms with Gasteiger partial charge in [0.1, 0.15) is 0 Å². The van der Waals surface area contributed by atoms with Gasteiger partial charge in [-0.3, -0.25) is 4.79 Å². The molecule has 1 aromatic heterocycles. The Hall–Kier alpha value is -1.62. The first-order chi connectivity index (χ1) is 7.63. The lowest BCUT2D eigenvalue weighted by atomic mass is 10.1. The average Bonchev–Trinajstić information content (AvgIpc) is 2.32. The summed E-state index contributed by atoms with van der Waals surface area (Å²) in [7, 11) is 1.30. The second-order valence-corrected chi connectivity index (χ2v) is 4.07. The summed E-state index contributed by atoms with van der Waals surface area (Å²) in [4.78, 5) is 25.4. The molecule has 16 heavy (non-hydrogen) atoms. The Balaban J connectivity index is 2.76. The number of aromatic nitrogens is 1. The van der Waals surface area contributed by atoms with E-state index in [2.05, 4.69) is 25.7 Å². The van der Waals surface area contributed by atoms with E-state index < -0.39 is 5.97 Å². The first kappa shape index (κ1) is 10.9. The van der Waals surface area contributed by atoms with Crippen LogP contribution in [0.4, 0.5) is 0 Å². The predicted octanol–water partition coefficient (Wildman–Crippen LogP) is 2.08. The van der Waals surface area contributed by atoms with E-state index in [9.17, 15) is 9.59 Å². The standard InChI is InChI=1S/C11H8BrNO3/c1-16-11(15)6-2-3-7-8(4-6)10(14)13-5-9(7)12/h2-5H,1H3,(H,13,14). The van der Waals surface area contributed by atoms with Crippen molar-refractivity contribution in [2.24, 2.45) is 0 Å². The number of esters is 1. The van der Waals surface area contributed by atoms with Gasteiger partial charge in [0.25, 0.3) is 5.56 Å². The van der Waals surface area contributed by atoms with Gasteiger partial charge in [-0.1, -0.05) is 6.07 Å². The summed E-state index contributed by atoms with van der Waals surface area (Å²) in [6.07, 6.45) is 1.57. The molecule has 1 aromatic carbocycles. The highest BCUT2D eigenvalue weighted by Crippen LogP contribution is 2.21. The molecule has 0 aliphatic rings. The second kappa shape index (κ2) is 4.09. The highest BCUT2D eigenvalue weighted by Gasteiger charge is 2.09. The minimum Gasteiger partial charge on any atom is -0.465 e. The maximum atomic E-state index is 11.6. The van der Waals surface area contributed by atoms with Crippen molar-refractivity contribution in [3.8, 4) is 0 Å². The molecule has 0 aliphatic carbocycles. The van der Waals surface area contributed by atoms with Gasteiger partial charge in [0, 0.05) is 21.4 Å². The molecule has 2 rings (SSSR count). The van der Waals surface area contributed by atoms with Gasteiger partial charge in [-0.15, -0.1) is 0 Å². The molecule has 0 fully saturated rings. The van der Waals surface area contributed by atoms with Crippen LogP contribution in [0.5, 0.6) is 0 Å².